The smallest absolute Gasteiger partial charge is 0.253 e. The van der Waals surface area contributed by atoms with Crippen LogP contribution in [0.15, 0.2) is 103 Å². The van der Waals surface area contributed by atoms with Gasteiger partial charge in [-0.3, -0.25) is 9.59 Å². The van der Waals surface area contributed by atoms with E-state index in [1.54, 1.807) is 18.2 Å². The summed E-state index contributed by atoms with van der Waals surface area (Å²) in [6.07, 6.45) is 3.11. The third-order valence-electron chi connectivity index (χ3n) is 7.56. The number of hydrogen-bond donors (Lipinski definition) is 2. The molecule has 1 saturated heterocycles. The van der Waals surface area contributed by atoms with Crippen LogP contribution in [0.3, 0.4) is 0 Å². The molecule has 0 radical (unpaired) electrons. The Morgan fingerprint density at radius 2 is 1.48 bits per heavy atom. The third kappa shape index (κ3) is 8.27. The van der Waals surface area contributed by atoms with E-state index in [-0.39, 0.29) is 30.8 Å². The van der Waals surface area contributed by atoms with Gasteiger partial charge in [0.05, 0.1) is 12.2 Å². The fourth-order valence-corrected chi connectivity index (χ4v) is 5.31. The zero-order valence-electron chi connectivity index (χ0n) is 23.6. The van der Waals surface area contributed by atoms with E-state index in [0.29, 0.717) is 23.8 Å². The van der Waals surface area contributed by atoms with Crippen molar-refractivity contribution in [2.75, 3.05) is 29.9 Å². The number of rotatable bonds is 11. The van der Waals surface area contributed by atoms with Crippen molar-refractivity contribution in [1.29, 1.82) is 0 Å². The minimum Gasteiger partial charge on any atom is -0.371 e. The Morgan fingerprint density at radius 1 is 0.810 bits per heavy atom. The van der Waals surface area contributed by atoms with Crippen LogP contribution in [0.25, 0.3) is 0 Å². The van der Waals surface area contributed by atoms with Crippen molar-refractivity contribution in [2.24, 2.45) is 5.92 Å². The Balaban J connectivity index is 1.25. The summed E-state index contributed by atoms with van der Waals surface area (Å²) in [5.41, 5.74) is 4.99. The van der Waals surface area contributed by atoms with Crippen molar-refractivity contribution in [3.05, 3.63) is 131 Å². The highest BCUT2D eigenvalue weighted by Crippen LogP contribution is 2.30. The Morgan fingerprint density at radius 3 is 2.17 bits per heavy atom. The van der Waals surface area contributed by atoms with E-state index in [4.69, 9.17) is 4.74 Å². The van der Waals surface area contributed by atoms with Gasteiger partial charge in [0.15, 0.2) is 0 Å². The molecule has 0 spiro atoms. The zero-order valence-corrected chi connectivity index (χ0v) is 23.6. The molecule has 0 aromatic heterocycles. The highest BCUT2D eigenvalue weighted by Gasteiger charge is 2.24. The van der Waals surface area contributed by atoms with Crippen LogP contribution in [0.2, 0.25) is 0 Å². The van der Waals surface area contributed by atoms with Crippen LogP contribution in [-0.2, 0) is 29.1 Å². The number of carbonyl (C=O) groups excluding carboxylic acids is 2. The molecule has 7 heteroatoms. The number of benzene rings is 4. The Labute approximate surface area is 246 Å². The lowest BCUT2D eigenvalue weighted by Gasteiger charge is -2.35. The van der Waals surface area contributed by atoms with Gasteiger partial charge in [0.25, 0.3) is 5.91 Å². The number of nitrogens with zero attached hydrogens (tertiary/aromatic N) is 1. The molecule has 2 amide bonds. The predicted octanol–water partition coefficient (Wildman–Crippen LogP) is 6.37. The van der Waals surface area contributed by atoms with Crippen molar-refractivity contribution >= 4 is 23.2 Å². The van der Waals surface area contributed by atoms with Gasteiger partial charge in [-0.2, -0.15) is 0 Å². The number of amides is 2. The van der Waals surface area contributed by atoms with E-state index >= 15 is 0 Å². The van der Waals surface area contributed by atoms with Crippen LogP contribution in [0.5, 0.6) is 0 Å². The highest BCUT2D eigenvalue weighted by atomic mass is 19.1. The van der Waals surface area contributed by atoms with Crippen LogP contribution in [0, 0.1) is 11.7 Å². The first-order chi connectivity index (χ1) is 20.5. The van der Waals surface area contributed by atoms with Crippen molar-refractivity contribution < 1.29 is 18.7 Å². The molecule has 1 aliphatic rings. The van der Waals surface area contributed by atoms with Crippen LogP contribution < -0.4 is 15.5 Å². The molecule has 6 nitrogen and oxygen atoms in total. The second-order valence-electron chi connectivity index (χ2n) is 10.7. The predicted molar refractivity (Wildman–Crippen MR) is 164 cm³/mol. The summed E-state index contributed by atoms with van der Waals surface area (Å²) in [7, 11) is 0. The van der Waals surface area contributed by atoms with E-state index in [0.717, 1.165) is 49.2 Å². The van der Waals surface area contributed by atoms with Gasteiger partial charge in [-0.1, -0.05) is 72.8 Å². The Hall–Kier alpha value is -4.49. The lowest BCUT2D eigenvalue weighted by molar-refractivity contribution is -0.121. The topological polar surface area (TPSA) is 70.7 Å². The van der Waals surface area contributed by atoms with E-state index in [9.17, 15) is 14.0 Å². The molecule has 2 N–H and O–H groups in total. The number of nitrogens with one attached hydrogen (secondary N) is 2. The maximum absolute atomic E-state index is 13.5. The fourth-order valence-electron chi connectivity index (χ4n) is 5.31. The molecule has 1 heterocycles. The largest absolute Gasteiger partial charge is 0.371 e. The standard InChI is InChI=1S/C35H36FN3O3/c36-30-13-11-28(12-14-30)23-37-35(41)32-22-31(38-34(40)25-42-24-29-9-5-2-6-10-29)15-16-33(32)39-19-17-27(18-20-39)21-26-7-3-1-4-8-26/h1-16,22,27H,17-21,23-25H2,(H,37,41)(H,38,40). The summed E-state index contributed by atoms with van der Waals surface area (Å²) in [6, 6.07) is 31.7. The van der Waals surface area contributed by atoms with E-state index in [1.165, 1.54) is 17.7 Å². The monoisotopic (exact) mass is 565 g/mol. The van der Waals surface area contributed by atoms with Crippen LogP contribution in [0.1, 0.15) is 39.9 Å². The van der Waals surface area contributed by atoms with E-state index in [2.05, 4.69) is 39.8 Å². The minimum absolute atomic E-state index is 0.0995. The molecular weight excluding hydrogens is 529 g/mol. The lowest BCUT2D eigenvalue weighted by Crippen LogP contribution is -2.36. The van der Waals surface area contributed by atoms with E-state index < -0.39 is 0 Å². The average Bonchev–Trinajstić information content (AvgIpc) is 3.02. The number of piperidine rings is 1. The quantitative estimate of drug-likeness (QED) is 0.222. The Kier molecular flexibility index (Phi) is 9.96. The molecule has 0 aliphatic carbocycles. The molecule has 0 unspecified atom stereocenters. The van der Waals surface area contributed by atoms with Crippen molar-refractivity contribution in [3.8, 4) is 0 Å². The average molecular weight is 566 g/mol. The number of ether oxygens (including phenoxy) is 1. The van der Waals surface area contributed by atoms with Crippen LogP contribution in [0.4, 0.5) is 15.8 Å². The minimum atomic E-state index is -0.320. The van der Waals surface area contributed by atoms with Gasteiger partial charge in [0.1, 0.15) is 12.4 Å². The second-order valence-corrected chi connectivity index (χ2v) is 10.7. The second kappa shape index (κ2) is 14.4. The van der Waals surface area contributed by atoms with Crippen molar-refractivity contribution in [1.82, 2.24) is 5.32 Å². The van der Waals surface area contributed by atoms with Crippen molar-refractivity contribution in [2.45, 2.75) is 32.4 Å². The summed E-state index contributed by atoms with van der Waals surface area (Å²) in [6.45, 7) is 2.19. The lowest BCUT2D eigenvalue weighted by atomic mass is 9.89. The molecule has 0 atom stereocenters. The SMILES string of the molecule is O=C(COCc1ccccc1)Nc1ccc(N2CCC(Cc3ccccc3)CC2)c(C(=O)NCc2ccc(F)cc2)c1. The number of hydrogen-bond acceptors (Lipinski definition) is 4. The molecule has 0 saturated carbocycles. The summed E-state index contributed by atoms with van der Waals surface area (Å²) in [4.78, 5) is 28.3. The van der Waals surface area contributed by atoms with Gasteiger partial charge < -0.3 is 20.3 Å². The number of carbonyl (C=O) groups is 2. The van der Waals surface area contributed by atoms with Crippen molar-refractivity contribution in [3.63, 3.8) is 0 Å². The van der Waals surface area contributed by atoms with Gasteiger partial charge in [-0.05, 0) is 72.2 Å². The number of halogens is 1. The molecule has 1 aliphatic heterocycles. The summed E-state index contributed by atoms with van der Waals surface area (Å²) >= 11 is 0. The molecule has 216 valence electrons. The zero-order chi connectivity index (χ0) is 29.1. The molecule has 0 bridgehead atoms. The summed E-state index contributed by atoms with van der Waals surface area (Å²) < 4.78 is 18.9. The van der Waals surface area contributed by atoms with Gasteiger partial charge >= 0.3 is 0 Å². The molecule has 5 rings (SSSR count). The van der Waals surface area contributed by atoms with Gasteiger partial charge in [-0.15, -0.1) is 0 Å². The third-order valence-corrected chi connectivity index (χ3v) is 7.56. The molecular formula is C35H36FN3O3. The summed E-state index contributed by atoms with van der Waals surface area (Å²) in [5, 5.41) is 5.83. The van der Waals surface area contributed by atoms with E-state index in [1.807, 2.05) is 48.5 Å². The van der Waals surface area contributed by atoms with Crippen LogP contribution >= 0.6 is 0 Å². The van der Waals surface area contributed by atoms with Gasteiger partial charge in [0, 0.05) is 31.0 Å². The number of anilines is 2. The van der Waals surface area contributed by atoms with Gasteiger partial charge in [0.2, 0.25) is 5.91 Å². The molecule has 4 aromatic rings. The maximum atomic E-state index is 13.5. The molecule has 1 fully saturated rings. The first-order valence-electron chi connectivity index (χ1n) is 14.4. The normalized spacial score (nSPS) is 13.5. The summed E-state index contributed by atoms with van der Waals surface area (Å²) in [5.74, 6) is -0.275. The molecule has 4 aromatic carbocycles. The first kappa shape index (κ1) is 29.0. The molecule has 42 heavy (non-hydrogen) atoms. The van der Waals surface area contributed by atoms with Crippen LogP contribution in [-0.4, -0.2) is 31.5 Å². The first-order valence-corrected chi connectivity index (χ1v) is 14.4. The maximum Gasteiger partial charge on any atom is 0.253 e. The Bertz CT molecular complexity index is 1450. The van der Waals surface area contributed by atoms with Gasteiger partial charge in [-0.25, -0.2) is 4.39 Å². The highest BCUT2D eigenvalue weighted by molar-refractivity contribution is 6.02. The fraction of sp³-hybridized carbons (Fsp3) is 0.257.